The maximum Gasteiger partial charge on any atom is 0.227 e. The van der Waals surface area contributed by atoms with Crippen molar-refractivity contribution >= 4 is 11.6 Å². The van der Waals surface area contributed by atoms with E-state index in [4.69, 9.17) is 0 Å². The third-order valence-electron chi connectivity index (χ3n) is 8.17. The van der Waals surface area contributed by atoms with Gasteiger partial charge in [0.1, 0.15) is 5.82 Å². The summed E-state index contributed by atoms with van der Waals surface area (Å²) in [6, 6.07) is 8.59. The predicted octanol–water partition coefficient (Wildman–Crippen LogP) is 4.28. The number of imidazole rings is 1. The molecule has 1 N–H and O–H groups in total. The molecule has 1 aromatic heterocycles. The minimum Gasteiger partial charge on any atom is -0.348 e. The molecule has 0 aliphatic carbocycles. The highest BCUT2D eigenvalue weighted by molar-refractivity contribution is 5.89. The fourth-order valence-corrected chi connectivity index (χ4v) is 6.12. The van der Waals surface area contributed by atoms with Gasteiger partial charge in [0, 0.05) is 63.4 Å². The third kappa shape index (κ3) is 6.96. The van der Waals surface area contributed by atoms with Crippen LogP contribution in [0.1, 0.15) is 56.5 Å². The standard InChI is InChI=1S/C30H42N6O/c1-24(2)19-34-15-9-30(10-16-34)11-17-36(23-30)29(37)18-25-5-7-26(8-6-25)20-35(21-27-4-3-12-31-27)22-28-32-13-14-33-28/h3,5-8,12-14,24H,4,9-11,15-23H2,1-2H3,(H,32,33). The van der Waals surface area contributed by atoms with E-state index in [1.807, 2.05) is 12.4 Å². The van der Waals surface area contributed by atoms with Crippen LogP contribution >= 0.6 is 0 Å². The van der Waals surface area contributed by atoms with Crippen molar-refractivity contribution < 1.29 is 4.79 Å². The van der Waals surface area contributed by atoms with Crippen molar-refractivity contribution in [3.05, 3.63) is 65.9 Å². The van der Waals surface area contributed by atoms with Crippen LogP contribution in [-0.4, -0.2) is 75.6 Å². The Morgan fingerprint density at radius 2 is 1.81 bits per heavy atom. The first kappa shape index (κ1) is 25.9. The molecule has 198 valence electrons. The Bertz CT molecular complexity index is 1080. The Labute approximate surface area is 221 Å². The van der Waals surface area contributed by atoms with Gasteiger partial charge in [-0.1, -0.05) is 44.2 Å². The molecular weight excluding hydrogens is 460 g/mol. The number of H-pyrrole nitrogens is 1. The van der Waals surface area contributed by atoms with Crippen molar-refractivity contribution in [3.63, 3.8) is 0 Å². The number of nitrogens with zero attached hydrogens (tertiary/aromatic N) is 5. The molecule has 0 atom stereocenters. The second-order valence-electron chi connectivity index (χ2n) is 11.7. The van der Waals surface area contributed by atoms with Gasteiger partial charge in [-0.15, -0.1) is 0 Å². The van der Waals surface area contributed by atoms with Crippen LogP contribution in [0.4, 0.5) is 0 Å². The Kier molecular flexibility index (Phi) is 8.20. The van der Waals surface area contributed by atoms with Crippen molar-refractivity contribution in [1.29, 1.82) is 0 Å². The van der Waals surface area contributed by atoms with E-state index in [0.29, 0.717) is 11.8 Å². The van der Waals surface area contributed by atoms with Crippen molar-refractivity contribution in [1.82, 2.24) is 24.7 Å². The van der Waals surface area contributed by atoms with E-state index >= 15 is 0 Å². The molecule has 3 aliphatic rings. The second kappa shape index (κ2) is 11.7. The lowest BCUT2D eigenvalue weighted by atomic mass is 9.77. The van der Waals surface area contributed by atoms with E-state index in [-0.39, 0.29) is 5.91 Å². The van der Waals surface area contributed by atoms with E-state index in [0.717, 1.165) is 56.5 Å². The first-order chi connectivity index (χ1) is 18.0. The zero-order valence-corrected chi connectivity index (χ0v) is 22.5. The molecule has 0 saturated carbocycles. The first-order valence-electron chi connectivity index (χ1n) is 14.0. The molecule has 7 nitrogen and oxygen atoms in total. The van der Waals surface area contributed by atoms with E-state index in [9.17, 15) is 4.79 Å². The molecule has 0 bridgehead atoms. The molecule has 37 heavy (non-hydrogen) atoms. The largest absolute Gasteiger partial charge is 0.348 e. The highest BCUT2D eigenvalue weighted by atomic mass is 16.2. The average Bonchev–Trinajstić information content (AvgIpc) is 3.65. The van der Waals surface area contributed by atoms with Gasteiger partial charge in [0.25, 0.3) is 0 Å². The van der Waals surface area contributed by atoms with Gasteiger partial charge in [-0.05, 0) is 54.8 Å². The summed E-state index contributed by atoms with van der Waals surface area (Å²) in [6.45, 7) is 12.4. The highest BCUT2D eigenvalue weighted by Gasteiger charge is 2.41. The number of carbonyl (C=O) groups excluding carboxylic acids is 1. The normalized spacial score (nSPS) is 19.5. The lowest BCUT2D eigenvalue weighted by molar-refractivity contribution is -0.130. The van der Waals surface area contributed by atoms with Crippen LogP contribution in [0.3, 0.4) is 0 Å². The van der Waals surface area contributed by atoms with Gasteiger partial charge in [-0.2, -0.15) is 0 Å². The number of nitrogens with one attached hydrogen (secondary N) is 1. The maximum absolute atomic E-state index is 13.2. The number of piperidine rings is 1. The van der Waals surface area contributed by atoms with Crippen molar-refractivity contribution in [2.75, 3.05) is 39.3 Å². The lowest BCUT2D eigenvalue weighted by Gasteiger charge is -2.39. The summed E-state index contributed by atoms with van der Waals surface area (Å²) in [5.74, 6) is 1.96. The average molecular weight is 503 g/mol. The molecule has 2 saturated heterocycles. The Morgan fingerprint density at radius 1 is 1.05 bits per heavy atom. The van der Waals surface area contributed by atoms with Crippen molar-refractivity contribution in [3.8, 4) is 0 Å². The first-order valence-corrected chi connectivity index (χ1v) is 14.0. The summed E-state index contributed by atoms with van der Waals surface area (Å²) >= 11 is 0. The lowest BCUT2D eigenvalue weighted by Crippen LogP contribution is -2.43. The monoisotopic (exact) mass is 502 g/mol. The van der Waals surface area contributed by atoms with Crippen LogP contribution in [0.15, 0.2) is 53.9 Å². The van der Waals surface area contributed by atoms with Crippen LogP contribution in [-0.2, 0) is 24.3 Å². The van der Waals surface area contributed by atoms with E-state index in [1.165, 1.54) is 50.2 Å². The quantitative estimate of drug-likeness (QED) is 0.527. The number of aliphatic imine (C=N–C) groups is 1. The number of aromatic nitrogens is 2. The number of allylic oxidation sites excluding steroid dienone is 1. The predicted molar refractivity (Wildman–Crippen MR) is 148 cm³/mol. The summed E-state index contributed by atoms with van der Waals surface area (Å²) in [7, 11) is 0. The summed E-state index contributed by atoms with van der Waals surface area (Å²) in [4.78, 5) is 32.4. The van der Waals surface area contributed by atoms with E-state index in [2.05, 4.69) is 73.8 Å². The number of aromatic amines is 1. The van der Waals surface area contributed by atoms with E-state index < -0.39 is 0 Å². The molecule has 2 aromatic rings. The second-order valence-corrected chi connectivity index (χ2v) is 11.7. The van der Waals surface area contributed by atoms with Gasteiger partial charge in [-0.3, -0.25) is 14.7 Å². The zero-order chi connectivity index (χ0) is 25.7. The van der Waals surface area contributed by atoms with Crippen LogP contribution in [0, 0.1) is 11.3 Å². The number of hydrogen-bond acceptors (Lipinski definition) is 5. The maximum atomic E-state index is 13.2. The SMILES string of the molecule is CC(C)CN1CCC2(CC1)CCN(C(=O)Cc1ccc(CN(CC3=NC=CC3)Cc3ncc[nH]3)cc1)C2. The number of rotatable bonds is 10. The third-order valence-corrected chi connectivity index (χ3v) is 8.17. The molecule has 1 amide bonds. The molecule has 4 heterocycles. The molecule has 0 radical (unpaired) electrons. The highest BCUT2D eigenvalue weighted by Crippen LogP contribution is 2.40. The van der Waals surface area contributed by atoms with Crippen LogP contribution in [0.5, 0.6) is 0 Å². The van der Waals surface area contributed by atoms with Gasteiger partial charge in [0.15, 0.2) is 0 Å². The van der Waals surface area contributed by atoms with Crippen LogP contribution < -0.4 is 0 Å². The van der Waals surface area contributed by atoms with Crippen molar-refractivity contribution in [2.45, 2.75) is 59.0 Å². The van der Waals surface area contributed by atoms with Crippen LogP contribution in [0.25, 0.3) is 0 Å². The fraction of sp³-hybridized carbons (Fsp3) is 0.567. The van der Waals surface area contributed by atoms with Gasteiger partial charge < -0.3 is 14.8 Å². The topological polar surface area (TPSA) is 67.8 Å². The number of likely N-dealkylation sites (tertiary alicyclic amines) is 2. The van der Waals surface area contributed by atoms with Gasteiger partial charge in [-0.25, -0.2) is 4.98 Å². The van der Waals surface area contributed by atoms with Gasteiger partial charge in [0.05, 0.1) is 13.0 Å². The molecule has 0 unspecified atom stereocenters. The number of amides is 1. The molecule has 3 aliphatic heterocycles. The zero-order valence-electron chi connectivity index (χ0n) is 22.5. The molecule has 1 spiro atoms. The van der Waals surface area contributed by atoms with Crippen molar-refractivity contribution in [2.24, 2.45) is 16.3 Å². The fourth-order valence-electron chi connectivity index (χ4n) is 6.12. The number of carbonyl (C=O) groups is 1. The smallest absolute Gasteiger partial charge is 0.227 e. The Hall–Kier alpha value is -2.77. The van der Waals surface area contributed by atoms with Crippen LogP contribution in [0.2, 0.25) is 0 Å². The minimum absolute atomic E-state index is 0.278. The minimum atomic E-state index is 0.278. The Balaban J connectivity index is 1.13. The summed E-state index contributed by atoms with van der Waals surface area (Å²) in [5.41, 5.74) is 3.87. The summed E-state index contributed by atoms with van der Waals surface area (Å²) in [6.07, 6.45) is 12.7. The van der Waals surface area contributed by atoms with E-state index in [1.54, 1.807) is 6.20 Å². The van der Waals surface area contributed by atoms with Gasteiger partial charge >= 0.3 is 0 Å². The molecular formula is C30H42N6O. The summed E-state index contributed by atoms with van der Waals surface area (Å²) in [5, 5.41) is 0. The van der Waals surface area contributed by atoms with Gasteiger partial charge in [0.2, 0.25) is 5.91 Å². The molecule has 1 aromatic carbocycles. The summed E-state index contributed by atoms with van der Waals surface area (Å²) < 4.78 is 0. The Morgan fingerprint density at radius 3 is 2.49 bits per heavy atom. The molecule has 5 rings (SSSR count). The number of benzene rings is 1. The number of hydrogen-bond donors (Lipinski definition) is 1. The molecule has 2 fully saturated rings. The molecule has 7 heteroatoms.